The molecule has 0 atom stereocenters. The number of hydrogen-bond acceptors (Lipinski definition) is 4. The molecule has 0 saturated carbocycles. The first kappa shape index (κ1) is 10.5. The fourth-order valence-corrected chi connectivity index (χ4v) is 2.89. The maximum atomic E-state index is 5.73. The third-order valence-electron chi connectivity index (χ3n) is 2.75. The third-order valence-corrected chi connectivity index (χ3v) is 3.65. The first-order valence-electron chi connectivity index (χ1n) is 5.42. The molecule has 0 aliphatic rings. The highest BCUT2D eigenvalue weighted by Gasteiger charge is 2.15. The maximum absolute atomic E-state index is 5.73. The maximum Gasteiger partial charge on any atom is 0.135 e. The summed E-state index contributed by atoms with van der Waals surface area (Å²) in [7, 11) is 0. The van der Waals surface area contributed by atoms with Crippen LogP contribution < -0.4 is 5.73 Å². The predicted octanol–water partition coefficient (Wildman–Crippen LogP) is 3.32. The van der Waals surface area contributed by atoms with E-state index in [0.717, 1.165) is 33.0 Å². The van der Waals surface area contributed by atoms with Gasteiger partial charge in [-0.05, 0) is 13.0 Å². The molecule has 0 radical (unpaired) electrons. The number of aryl methyl sites for hydroxylation is 1. The van der Waals surface area contributed by atoms with Crippen molar-refractivity contribution in [1.82, 2.24) is 4.98 Å². The van der Waals surface area contributed by atoms with Gasteiger partial charge in [0.05, 0.1) is 11.3 Å². The molecule has 0 saturated heterocycles. The van der Waals surface area contributed by atoms with Gasteiger partial charge in [0.15, 0.2) is 0 Å². The largest absolute Gasteiger partial charge is 0.461 e. The van der Waals surface area contributed by atoms with Crippen LogP contribution in [0.25, 0.3) is 21.5 Å². The fraction of sp³-hybridized carbons (Fsp3) is 0.154. The molecule has 0 unspecified atom stereocenters. The molecule has 17 heavy (non-hydrogen) atoms. The van der Waals surface area contributed by atoms with Crippen LogP contribution in [0.4, 0.5) is 0 Å². The number of nitrogens with two attached hydrogens (primary N) is 1. The number of thiazole rings is 1. The van der Waals surface area contributed by atoms with Crippen LogP contribution in [-0.4, -0.2) is 4.98 Å². The lowest BCUT2D eigenvalue weighted by molar-refractivity contribution is 0.580. The molecule has 3 aromatic rings. The molecule has 3 rings (SSSR count). The molecule has 2 aromatic heterocycles. The Hall–Kier alpha value is -1.65. The smallest absolute Gasteiger partial charge is 0.135 e. The molecular formula is C13H12N2OS. The van der Waals surface area contributed by atoms with Crippen molar-refractivity contribution < 1.29 is 4.42 Å². The van der Waals surface area contributed by atoms with E-state index >= 15 is 0 Å². The number of hydrogen-bond donors (Lipinski definition) is 1. The van der Waals surface area contributed by atoms with E-state index in [1.807, 2.05) is 30.5 Å². The fourth-order valence-electron chi connectivity index (χ4n) is 1.95. The molecule has 0 amide bonds. The van der Waals surface area contributed by atoms with Gasteiger partial charge in [-0.3, -0.25) is 0 Å². The Bertz CT molecular complexity index is 669. The Kier molecular flexibility index (Phi) is 2.46. The van der Waals surface area contributed by atoms with Crippen LogP contribution in [0.5, 0.6) is 0 Å². The zero-order chi connectivity index (χ0) is 11.8. The summed E-state index contributed by atoms with van der Waals surface area (Å²) in [5, 5.41) is 4.09. The normalized spacial score (nSPS) is 11.2. The van der Waals surface area contributed by atoms with Crippen molar-refractivity contribution in [3.8, 4) is 10.6 Å². The average Bonchev–Trinajstić information content (AvgIpc) is 2.91. The second-order valence-electron chi connectivity index (χ2n) is 3.88. The Balaban J connectivity index is 2.25. The molecule has 0 spiro atoms. The number of nitrogens with zero attached hydrogens (tertiary/aromatic N) is 1. The van der Waals surface area contributed by atoms with Crippen molar-refractivity contribution in [1.29, 1.82) is 0 Å². The summed E-state index contributed by atoms with van der Waals surface area (Å²) >= 11 is 1.61. The molecule has 2 heterocycles. The van der Waals surface area contributed by atoms with Gasteiger partial charge in [0, 0.05) is 17.3 Å². The Labute approximate surface area is 103 Å². The number of furan rings is 1. The monoisotopic (exact) mass is 244 g/mol. The van der Waals surface area contributed by atoms with E-state index < -0.39 is 0 Å². The molecule has 4 heteroatoms. The molecule has 1 aromatic carbocycles. The van der Waals surface area contributed by atoms with E-state index in [-0.39, 0.29) is 0 Å². The zero-order valence-electron chi connectivity index (χ0n) is 9.43. The van der Waals surface area contributed by atoms with Gasteiger partial charge in [-0.25, -0.2) is 4.98 Å². The second kappa shape index (κ2) is 3.98. The molecule has 2 N–H and O–H groups in total. The first-order valence-corrected chi connectivity index (χ1v) is 6.30. The minimum atomic E-state index is 0.478. The molecule has 0 aliphatic heterocycles. The summed E-state index contributed by atoms with van der Waals surface area (Å²) in [4.78, 5) is 4.52. The number of fused-ring (bicyclic) bond motifs is 1. The van der Waals surface area contributed by atoms with E-state index in [0.29, 0.717) is 6.54 Å². The summed E-state index contributed by atoms with van der Waals surface area (Å²) in [5.74, 6) is 0.907. The van der Waals surface area contributed by atoms with Gasteiger partial charge in [0.1, 0.15) is 16.4 Å². The van der Waals surface area contributed by atoms with Gasteiger partial charge in [0.25, 0.3) is 0 Å². The molecular weight excluding hydrogens is 232 g/mol. The zero-order valence-corrected chi connectivity index (χ0v) is 10.3. The van der Waals surface area contributed by atoms with E-state index in [1.165, 1.54) is 0 Å². The highest BCUT2D eigenvalue weighted by atomic mass is 32.1. The summed E-state index contributed by atoms with van der Waals surface area (Å²) < 4.78 is 5.73. The minimum Gasteiger partial charge on any atom is -0.461 e. The second-order valence-corrected chi connectivity index (χ2v) is 4.74. The van der Waals surface area contributed by atoms with Crippen LogP contribution in [0.3, 0.4) is 0 Å². The van der Waals surface area contributed by atoms with Crippen molar-refractivity contribution in [3.63, 3.8) is 0 Å². The Morgan fingerprint density at radius 3 is 2.94 bits per heavy atom. The van der Waals surface area contributed by atoms with Crippen LogP contribution >= 0.6 is 11.3 Å². The SMILES string of the molecule is Cc1oc2ccccc2c1-c1nc(CN)cs1. The molecule has 86 valence electrons. The number of aromatic nitrogens is 1. The highest BCUT2D eigenvalue weighted by Crippen LogP contribution is 2.35. The van der Waals surface area contributed by atoms with E-state index in [2.05, 4.69) is 11.1 Å². The van der Waals surface area contributed by atoms with Crippen molar-refractivity contribution in [2.45, 2.75) is 13.5 Å². The van der Waals surface area contributed by atoms with Gasteiger partial charge >= 0.3 is 0 Å². The lowest BCUT2D eigenvalue weighted by Gasteiger charge is -1.93. The summed E-state index contributed by atoms with van der Waals surface area (Å²) in [6.45, 7) is 2.45. The highest BCUT2D eigenvalue weighted by molar-refractivity contribution is 7.13. The quantitative estimate of drug-likeness (QED) is 0.752. The topological polar surface area (TPSA) is 52.0 Å². The standard InChI is InChI=1S/C13H12N2OS/c1-8-12(13-15-9(6-14)7-17-13)10-4-2-3-5-11(10)16-8/h2-5,7H,6,14H2,1H3. The van der Waals surface area contributed by atoms with Gasteiger partial charge in [-0.1, -0.05) is 18.2 Å². The van der Waals surface area contributed by atoms with E-state index in [1.54, 1.807) is 11.3 Å². The van der Waals surface area contributed by atoms with Gasteiger partial charge in [-0.15, -0.1) is 11.3 Å². The Morgan fingerprint density at radius 2 is 2.18 bits per heavy atom. The number of benzene rings is 1. The van der Waals surface area contributed by atoms with Gasteiger partial charge in [0.2, 0.25) is 0 Å². The molecule has 3 nitrogen and oxygen atoms in total. The van der Waals surface area contributed by atoms with Crippen LogP contribution in [0.2, 0.25) is 0 Å². The molecule has 0 aliphatic carbocycles. The van der Waals surface area contributed by atoms with Crippen LogP contribution in [0, 0.1) is 6.92 Å². The van der Waals surface area contributed by atoms with Crippen LogP contribution in [0.15, 0.2) is 34.1 Å². The van der Waals surface area contributed by atoms with Crippen molar-refractivity contribution in [3.05, 3.63) is 41.1 Å². The van der Waals surface area contributed by atoms with Crippen molar-refractivity contribution in [2.75, 3.05) is 0 Å². The molecule has 0 bridgehead atoms. The number of para-hydroxylation sites is 1. The average molecular weight is 244 g/mol. The Morgan fingerprint density at radius 1 is 1.35 bits per heavy atom. The van der Waals surface area contributed by atoms with Crippen molar-refractivity contribution in [2.24, 2.45) is 5.73 Å². The summed E-state index contributed by atoms with van der Waals surface area (Å²) in [5.41, 5.74) is 8.51. The first-order chi connectivity index (χ1) is 8.29. The van der Waals surface area contributed by atoms with Crippen molar-refractivity contribution >= 4 is 22.3 Å². The minimum absolute atomic E-state index is 0.478. The summed E-state index contributed by atoms with van der Waals surface area (Å²) in [6, 6.07) is 8.02. The lowest BCUT2D eigenvalue weighted by Crippen LogP contribution is -1.95. The number of rotatable bonds is 2. The third kappa shape index (κ3) is 1.66. The van der Waals surface area contributed by atoms with E-state index in [4.69, 9.17) is 10.2 Å². The van der Waals surface area contributed by atoms with Gasteiger partial charge < -0.3 is 10.2 Å². The van der Waals surface area contributed by atoms with Gasteiger partial charge in [-0.2, -0.15) is 0 Å². The lowest BCUT2D eigenvalue weighted by atomic mass is 10.1. The van der Waals surface area contributed by atoms with Crippen LogP contribution in [0.1, 0.15) is 11.5 Å². The van der Waals surface area contributed by atoms with E-state index in [9.17, 15) is 0 Å². The predicted molar refractivity (Wildman–Crippen MR) is 70.0 cm³/mol. The molecule has 0 fully saturated rings. The summed E-state index contributed by atoms with van der Waals surface area (Å²) in [6.07, 6.45) is 0. The van der Waals surface area contributed by atoms with Crippen LogP contribution in [-0.2, 0) is 6.54 Å².